The Morgan fingerprint density at radius 2 is 1.89 bits per heavy atom. The zero-order chi connectivity index (χ0) is 32.1. The number of hydrogen-bond acceptors (Lipinski definition) is 8. The van der Waals surface area contributed by atoms with Gasteiger partial charge >= 0.3 is 0 Å². The number of fused-ring (bicyclic) bond motifs is 14. The molecule has 4 atom stereocenters. The lowest BCUT2D eigenvalue weighted by molar-refractivity contribution is -0.143. The molecule has 6 rings (SSSR count). The minimum Gasteiger partial charge on any atom is -0.484 e. The van der Waals surface area contributed by atoms with Crippen molar-refractivity contribution in [2.24, 2.45) is 5.92 Å². The first-order valence-corrected chi connectivity index (χ1v) is 16.1. The number of hydrogen-bond donors (Lipinski definition) is 4. The SMILES string of the molecule is CC(C)[C@@H]1NC(=O)COc2ccc(cc2)C[C@@H](C(=O)NCCc2cn3ccsc3n2)NC(=O)[C@H](C)NC(=O)[C@H]2CCCN2C1=O. The van der Waals surface area contributed by atoms with Gasteiger partial charge in [0.05, 0.1) is 5.69 Å². The molecule has 1 fully saturated rings. The molecule has 1 saturated heterocycles. The summed E-state index contributed by atoms with van der Waals surface area (Å²) >= 11 is 1.53. The molecule has 14 heteroatoms. The molecule has 3 aromatic rings. The first-order chi connectivity index (χ1) is 21.6. The molecule has 0 aliphatic carbocycles. The lowest BCUT2D eigenvalue weighted by Gasteiger charge is -2.31. The number of thiazole rings is 1. The average Bonchev–Trinajstić information content (AvgIpc) is 3.75. The van der Waals surface area contributed by atoms with Crippen molar-refractivity contribution in [1.82, 2.24) is 35.6 Å². The van der Waals surface area contributed by atoms with E-state index in [-0.39, 0.29) is 30.8 Å². The van der Waals surface area contributed by atoms with E-state index in [0.29, 0.717) is 38.1 Å². The van der Waals surface area contributed by atoms with Gasteiger partial charge in [-0.05, 0) is 43.4 Å². The lowest BCUT2D eigenvalue weighted by Crippen LogP contribution is -2.58. The number of carbonyl (C=O) groups excluding carboxylic acids is 5. The summed E-state index contributed by atoms with van der Waals surface area (Å²) in [6.45, 7) is 5.56. The van der Waals surface area contributed by atoms with E-state index in [2.05, 4.69) is 26.3 Å². The second-order valence-corrected chi connectivity index (χ2v) is 12.6. The highest BCUT2D eigenvalue weighted by atomic mass is 32.1. The highest BCUT2D eigenvalue weighted by Gasteiger charge is 2.39. The summed E-state index contributed by atoms with van der Waals surface area (Å²) in [5.41, 5.74) is 1.59. The fraction of sp³-hybridized carbons (Fsp3) is 0.484. The van der Waals surface area contributed by atoms with Crippen molar-refractivity contribution in [1.29, 1.82) is 0 Å². The molecule has 5 amide bonds. The second kappa shape index (κ2) is 14.1. The van der Waals surface area contributed by atoms with Crippen LogP contribution < -0.4 is 26.0 Å². The van der Waals surface area contributed by atoms with E-state index >= 15 is 0 Å². The molecule has 0 unspecified atom stereocenters. The number of benzene rings is 1. The first-order valence-electron chi connectivity index (χ1n) is 15.2. The van der Waals surface area contributed by atoms with Gasteiger partial charge in [-0.3, -0.25) is 28.4 Å². The zero-order valence-corrected chi connectivity index (χ0v) is 26.4. The van der Waals surface area contributed by atoms with Gasteiger partial charge in [0.1, 0.15) is 29.9 Å². The third kappa shape index (κ3) is 7.80. The minimum atomic E-state index is -0.970. The van der Waals surface area contributed by atoms with Crippen molar-refractivity contribution in [3.63, 3.8) is 0 Å². The van der Waals surface area contributed by atoms with Gasteiger partial charge in [-0.2, -0.15) is 0 Å². The van der Waals surface area contributed by atoms with E-state index in [1.807, 2.05) is 36.0 Å². The number of nitrogens with zero attached hydrogens (tertiary/aromatic N) is 3. The highest BCUT2D eigenvalue weighted by molar-refractivity contribution is 7.15. The van der Waals surface area contributed by atoms with Crippen LogP contribution in [0.1, 0.15) is 44.9 Å². The molecule has 45 heavy (non-hydrogen) atoms. The summed E-state index contributed by atoms with van der Waals surface area (Å²) in [5.74, 6) is -1.98. The normalized spacial score (nSPS) is 23.4. The van der Waals surface area contributed by atoms with Gasteiger partial charge in [-0.1, -0.05) is 26.0 Å². The molecule has 4 N–H and O–H groups in total. The molecule has 0 radical (unpaired) electrons. The number of aromatic nitrogens is 2. The fourth-order valence-corrected chi connectivity index (χ4v) is 6.25. The molecule has 2 aromatic heterocycles. The molecule has 5 heterocycles. The highest BCUT2D eigenvalue weighted by Crippen LogP contribution is 2.21. The summed E-state index contributed by atoms with van der Waals surface area (Å²) < 4.78 is 7.59. The van der Waals surface area contributed by atoms with Crippen LogP contribution in [0.5, 0.6) is 5.75 Å². The van der Waals surface area contributed by atoms with E-state index in [1.54, 1.807) is 31.2 Å². The maximum absolute atomic E-state index is 13.5. The predicted molar refractivity (Wildman–Crippen MR) is 166 cm³/mol. The van der Waals surface area contributed by atoms with Gasteiger partial charge in [0.15, 0.2) is 11.6 Å². The van der Waals surface area contributed by atoms with Crippen LogP contribution >= 0.6 is 11.3 Å². The summed E-state index contributed by atoms with van der Waals surface area (Å²) in [5, 5.41) is 13.1. The van der Waals surface area contributed by atoms with Crippen molar-refractivity contribution in [2.45, 2.75) is 70.6 Å². The Kier molecular flexibility index (Phi) is 10.0. The van der Waals surface area contributed by atoms with E-state index in [1.165, 1.54) is 16.2 Å². The van der Waals surface area contributed by atoms with E-state index < -0.39 is 41.9 Å². The van der Waals surface area contributed by atoms with Gasteiger partial charge < -0.3 is 30.9 Å². The van der Waals surface area contributed by atoms with Gasteiger partial charge in [0.2, 0.25) is 23.6 Å². The molecule has 0 saturated carbocycles. The van der Waals surface area contributed by atoms with Gasteiger partial charge in [-0.25, -0.2) is 4.98 Å². The molecule has 3 aliphatic rings. The van der Waals surface area contributed by atoms with Crippen molar-refractivity contribution in [2.75, 3.05) is 19.7 Å². The monoisotopic (exact) mass is 637 g/mol. The third-order valence-corrected chi connectivity index (χ3v) is 8.80. The lowest BCUT2D eigenvalue weighted by atomic mass is 10.0. The Labute approximate surface area is 265 Å². The number of amides is 5. The van der Waals surface area contributed by atoms with E-state index in [9.17, 15) is 24.0 Å². The van der Waals surface area contributed by atoms with E-state index in [4.69, 9.17) is 4.74 Å². The Morgan fingerprint density at radius 1 is 1.11 bits per heavy atom. The molecule has 13 nitrogen and oxygen atoms in total. The topological polar surface area (TPSA) is 163 Å². The van der Waals surface area contributed by atoms with Crippen LogP contribution in [0, 0.1) is 5.92 Å². The van der Waals surface area contributed by atoms with Gasteiger partial charge in [0.25, 0.3) is 5.91 Å². The van der Waals surface area contributed by atoms with Crippen molar-refractivity contribution >= 4 is 45.8 Å². The van der Waals surface area contributed by atoms with Crippen molar-refractivity contribution in [3.8, 4) is 5.75 Å². The summed E-state index contributed by atoms with van der Waals surface area (Å²) in [7, 11) is 0. The molecule has 240 valence electrons. The third-order valence-electron chi connectivity index (χ3n) is 8.03. The van der Waals surface area contributed by atoms with Crippen LogP contribution in [-0.4, -0.2) is 87.7 Å². The summed E-state index contributed by atoms with van der Waals surface area (Å²) in [6.07, 6.45) is 5.58. The molecular weight excluding hydrogens is 598 g/mol. The van der Waals surface area contributed by atoms with Crippen LogP contribution in [0.2, 0.25) is 0 Å². The standard InChI is InChI=1S/C31H39N7O6S/c1-18(2)26-30(43)38-12-4-5-24(38)29(42)33-19(3)27(40)35-23(15-20-6-8-22(9-7-20)44-17-25(39)36-26)28(41)32-11-10-21-16-37-13-14-45-31(37)34-21/h6-9,13-14,16,18-19,23-24,26H,4-5,10-12,15,17H2,1-3H3,(H,32,41)(H,33,42)(H,35,40)(H,36,39)/t19-,23-,24+,26-/m0/s1. The van der Waals surface area contributed by atoms with Crippen LogP contribution in [0.25, 0.3) is 4.96 Å². The fourth-order valence-electron chi connectivity index (χ4n) is 5.53. The summed E-state index contributed by atoms with van der Waals surface area (Å²) in [6, 6.07) is 3.35. The Morgan fingerprint density at radius 3 is 2.62 bits per heavy atom. The Bertz CT molecular complexity index is 1520. The number of nitrogens with one attached hydrogen (secondary N) is 4. The Hall–Kier alpha value is -4.46. The van der Waals surface area contributed by atoms with Crippen molar-refractivity contribution in [3.05, 3.63) is 53.3 Å². The number of imidazole rings is 1. The maximum Gasteiger partial charge on any atom is 0.258 e. The first kappa shape index (κ1) is 31.9. The van der Waals surface area contributed by atoms with Crippen molar-refractivity contribution < 1.29 is 28.7 Å². The summed E-state index contributed by atoms with van der Waals surface area (Å²) in [4.78, 5) is 73.2. The largest absolute Gasteiger partial charge is 0.484 e. The zero-order valence-electron chi connectivity index (χ0n) is 25.6. The number of rotatable bonds is 5. The number of ether oxygens (including phenoxy) is 1. The second-order valence-electron chi connectivity index (χ2n) is 11.8. The smallest absolute Gasteiger partial charge is 0.258 e. The number of carbonyl (C=O) groups is 5. The quantitative estimate of drug-likeness (QED) is 0.322. The van der Waals surface area contributed by atoms with Gasteiger partial charge in [-0.15, -0.1) is 11.3 Å². The Balaban J connectivity index is 1.32. The molecule has 1 aromatic carbocycles. The van der Waals surface area contributed by atoms with E-state index in [0.717, 1.165) is 16.2 Å². The van der Waals surface area contributed by atoms with Crippen LogP contribution in [0.15, 0.2) is 42.0 Å². The van der Waals surface area contributed by atoms with Gasteiger partial charge in [0, 0.05) is 43.7 Å². The molecule has 2 bridgehead atoms. The molecule has 3 aliphatic heterocycles. The molecular formula is C31H39N7O6S. The maximum atomic E-state index is 13.5. The molecule has 0 spiro atoms. The average molecular weight is 638 g/mol. The minimum absolute atomic E-state index is 0.181. The van der Waals surface area contributed by atoms with Crippen LogP contribution in [-0.2, 0) is 36.8 Å². The predicted octanol–water partition coefficient (Wildman–Crippen LogP) is 0.811. The van der Waals surface area contributed by atoms with Crippen LogP contribution in [0.4, 0.5) is 0 Å². The van der Waals surface area contributed by atoms with Crippen LogP contribution in [0.3, 0.4) is 0 Å².